The lowest BCUT2D eigenvalue weighted by Gasteiger charge is -2.27. The minimum Gasteiger partial charge on any atom is -0.398 e. The molecule has 2 N–H and O–H groups in total. The average molecular weight is 278 g/mol. The second-order valence-corrected chi connectivity index (χ2v) is 7.50. The average Bonchev–Trinajstić information content (AvgIpc) is 3.05. The lowest BCUT2D eigenvalue weighted by molar-refractivity contribution is 0.0759. The van der Waals surface area contributed by atoms with Gasteiger partial charge in [0.15, 0.2) is 0 Å². The molecular weight excluding hydrogens is 256 g/mol. The van der Waals surface area contributed by atoms with Gasteiger partial charge in [0.2, 0.25) is 0 Å². The molecular formula is C15H22N2OS. The zero-order valence-corrected chi connectivity index (χ0v) is 12.5. The van der Waals surface area contributed by atoms with Gasteiger partial charge in [0.1, 0.15) is 0 Å². The van der Waals surface area contributed by atoms with E-state index in [4.69, 9.17) is 5.73 Å². The first-order valence-corrected chi connectivity index (χ1v) is 7.97. The van der Waals surface area contributed by atoms with Crippen LogP contribution in [0.15, 0.2) is 6.07 Å². The Kier molecular flexibility index (Phi) is 3.29. The molecule has 0 aromatic carbocycles. The van der Waals surface area contributed by atoms with Gasteiger partial charge in [-0.15, -0.1) is 11.3 Å². The summed E-state index contributed by atoms with van der Waals surface area (Å²) in [6.45, 7) is 2.88. The molecule has 2 bridgehead atoms. The van der Waals surface area contributed by atoms with Gasteiger partial charge in [-0.05, 0) is 50.0 Å². The van der Waals surface area contributed by atoms with Crippen LogP contribution in [0.1, 0.15) is 40.2 Å². The topological polar surface area (TPSA) is 46.3 Å². The van der Waals surface area contributed by atoms with Crippen molar-refractivity contribution in [1.29, 1.82) is 0 Å². The molecule has 0 radical (unpaired) electrons. The Balaban J connectivity index is 1.64. The highest BCUT2D eigenvalue weighted by atomic mass is 32.1. The maximum Gasteiger partial charge on any atom is 0.263 e. The number of fused-ring (bicyclic) bond motifs is 2. The predicted octanol–water partition coefficient (Wildman–Crippen LogP) is 3.15. The minimum atomic E-state index is 0.132. The van der Waals surface area contributed by atoms with Crippen molar-refractivity contribution >= 4 is 22.9 Å². The number of nitrogens with two attached hydrogens (primary N) is 1. The Bertz CT molecular complexity index is 477. The Morgan fingerprint density at radius 1 is 1.47 bits per heavy atom. The molecule has 3 unspecified atom stereocenters. The van der Waals surface area contributed by atoms with Gasteiger partial charge < -0.3 is 10.6 Å². The largest absolute Gasteiger partial charge is 0.398 e. The van der Waals surface area contributed by atoms with Gasteiger partial charge in [-0.1, -0.05) is 6.42 Å². The van der Waals surface area contributed by atoms with Crippen molar-refractivity contribution in [1.82, 2.24) is 4.90 Å². The first-order valence-electron chi connectivity index (χ1n) is 7.16. The predicted molar refractivity (Wildman–Crippen MR) is 79.4 cm³/mol. The summed E-state index contributed by atoms with van der Waals surface area (Å²) in [6.07, 6.45) is 5.52. The number of nitrogens with zero attached hydrogens (tertiary/aromatic N) is 1. The van der Waals surface area contributed by atoms with Gasteiger partial charge in [-0.25, -0.2) is 0 Å². The SMILES string of the molecule is Cc1sc(C(=O)N(C)CC2CC3CCC2C3)cc1N. The summed E-state index contributed by atoms with van der Waals surface area (Å²) >= 11 is 1.51. The lowest BCUT2D eigenvalue weighted by Crippen LogP contribution is -2.33. The Labute approximate surface area is 118 Å². The van der Waals surface area contributed by atoms with E-state index in [1.54, 1.807) is 0 Å². The van der Waals surface area contributed by atoms with Gasteiger partial charge >= 0.3 is 0 Å². The summed E-state index contributed by atoms with van der Waals surface area (Å²) in [6, 6.07) is 1.82. The maximum atomic E-state index is 12.4. The minimum absolute atomic E-state index is 0.132. The van der Waals surface area contributed by atoms with E-state index in [2.05, 4.69) is 0 Å². The third kappa shape index (κ3) is 2.38. The molecule has 3 nitrogen and oxygen atoms in total. The summed E-state index contributed by atoms with van der Waals surface area (Å²) in [4.78, 5) is 16.1. The summed E-state index contributed by atoms with van der Waals surface area (Å²) in [5.41, 5.74) is 6.57. The van der Waals surface area contributed by atoms with Crippen molar-refractivity contribution in [3.63, 3.8) is 0 Å². The molecule has 19 heavy (non-hydrogen) atoms. The highest BCUT2D eigenvalue weighted by molar-refractivity contribution is 7.14. The Morgan fingerprint density at radius 2 is 2.26 bits per heavy atom. The number of rotatable bonds is 3. The number of hydrogen-bond acceptors (Lipinski definition) is 3. The van der Waals surface area contributed by atoms with E-state index in [1.165, 1.54) is 37.0 Å². The molecule has 3 atom stereocenters. The summed E-state index contributed by atoms with van der Waals surface area (Å²) < 4.78 is 0. The van der Waals surface area contributed by atoms with Crippen molar-refractivity contribution in [2.45, 2.75) is 32.6 Å². The molecule has 0 aliphatic heterocycles. The standard InChI is InChI=1S/C15H22N2OS/c1-9-13(16)7-14(19-9)15(18)17(2)8-12-6-10-3-4-11(12)5-10/h7,10-12H,3-6,8,16H2,1-2H3. The van der Waals surface area contributed by atoms with E-state index in [9.17, 15) is 4.79 Å². The van der Waals surface area contributed by atoms with Crippen LogP contribution in [-0.4, -0.2) is 24.4 Å². The van der Waals surface area contributed by atoms with Crippen molar-refractivity contribution in [2.24, 2.45) is 17.8 Å². The van der Waals surface area contributed by atoms with Crippen molar-refractivity contribution in [3.05, 3.63) is 15.8 Å². The van der Waals surface area contributed by atoms with Crippen molar-refractivity contribution in [2.75, 3.05) is 19.3 Å². The number of carbonyl (C=O) groups is 1. The first kappa shape index (κ1) is 13.0. The third-order valence-electron chi connectivity index (χ3n) is 4.91. The van der Waals surface area contributed by atoms with Crippen LogP contribution in [0.3, 0.4) is 0 Å². The fraction of sp³-hybridized carbons (Fsp3) is 0.667. The molecule has 0 saturated heterocycles. The molecule has 1 heterocycles. The molecule has 1 amide bonds. The molecule has 3 rings (SSSR count). The van der Waals surface area contributed by atoms with E-state index in [0.29, 0.717) is 0 Å². The number of anilines is 1. The van der Waals surface area contributed by atoms with Crippen LogP contribution in [0.5, 0.6) is 0 Å². The summed E-state index contributed by atoms with van der Waals surface area (Å²) in [7, 11) is 1.93. The molecule has 2 aliphatic rings. The Morgan fingerprint density at radius 3 is 2.79 bits per heavy atom. The van der Waals surface area contributed by atoms with E-state index in [0.717, 1.165) is 39.7 Å². The van der Waals surface area contributed by atoms with Gasteiger partial charge in [-0.3, -0.25) is 4.79 Å². The Hall–Kier alpha value is -1.03. The fourth-order valence-electron chi connectivity index (χ4n) is 3.82. The fourth-order valence-corrected chi connectivity index (χ4v) is 4.76. The number of hydrogen-bond donors (Lipinski definition) is 1. The molecule has 104 valence electrons. The highest BCUT2D eigenvalue weighted by Gasteiger charge is 2.40. The first-order chi connectivity index (χ1) is 9.04. The van der Waals surface area contributed by atoms with E-state index in [1.807, 2.05) is 24.9 Å². The van der Waals surface area contributed by atoms with Crippen LogP contribution in [0.4, 0.5) is 5.69 Å². The number of carbonyl (C=O) groups excluding carboxylic acids is 1. The zero-order chi connectivity index (χ0) is 13.6. The molecule has 1 aromatic rings. The molecule has 4 heteroatoms. The van der Waals surface area contributed by atoms with Crippen LogP contribution in [0.25, 0.3) is 0 Å². The van der Waals surface area contributed by atoms with Gasteiger partial charge in [0, 0.05) is 24.2 Å². The highest BCUT2D eigenvalue weighted by Crippen LogP contribution is 2.48. The monoisotopic (exact) mass is 278 g/mol. The second kappa shape index (κ2) is 4.82. The van der Waals surface area contributed by atoms with Crippen LogP contribution in [-0.2, 0) is 0 Å². The van der Waals surface area contributed by atoms with Crippen LogP contribution < -0.4 is 5.73 Å². The molecule has 0 spiro atoms. The maximum absolute atomic E-state index is 12.4. The van der Waals surface area contributed by atoms with Gasteiger partial charge in [-0.2, -0.15) is 0 Å². The lowest BCUT2D eigenvalue weighted by atomic mass is 9.88. The van der Waals surface area contributed by atoms with Crippen molar-refractivity contribution < 1.29 is 4.79 Å². The quantitative estimate of drug-likeness (QED) is 0.923. The van der Waals surface area contributed by atoms with Gasteiger partial charge in [0.05, 0.1) is 4.88 Å². The van der Waals surface area contributed by atoms with E-state index >= 15 is 0 Å². The summed E-state index contributed by atoms with van der Waals surface area (Å²) in [5.74, 6) is 2.67. The number of aryl methyl sites for hydroxylation is 1. The van der Waals surface area contributed by atoms with Crippen molar-refractivity contribution in [3.8, 4) is 0 Å². The summed E-state index contributed by atoms with van der Waals surface area (Å²) in [5, 5.41) is 0. The van der Waals surface area contributed by atoms with E-state index < -0.39 is 0 Å². The zero-order valence-electron chi connectivity index (χ0n) is 11.7. The molecule has 2 fully saturated rings. The number of amides is 1. The molecule has 2 saturated carbocycles. The normalized spacial score (nSPS) is 28.8. The third-order valence-corrected chi connectivity index (χ3v) is 5.96. The van der Waals surface area contributed by atoms with Crippen LogP contribution in [0.2, 0.25) is 0 Å². The molecule has 1 aromatic heterocycles. The molecule has 2 aliphatic carbocycles. The van der Waals surface area contributed by atoms with Gasteiger partial charge in [0.25, 0.3) is 5.91 Å². The number of thiophene rings is 1. The second-order valence-electron chi connectivity index (χ2n) is 6.24. The number of nitrogen functional groups attached to an aromatic ring is 1. The van der Waals surface area contributed by atoms with Crippen LogP contribution in [0, 0.1) is 24.7 Å². The van der Waals surface area contributed by atoms with E-state index in [-0.39, 0.29) is 5.91 Å². The smallest absolute Gasteiger partial charge is 0.263 e. The van der Waals surface area contributed by atoms with Crippen LogP contribution >= 0.6 is 11.3 Å².